The number of β-amino-alcohol motifs (C(OH)–C–C–N with tert-alkyl or cyclic N) is 2. The normalized spacial score (nSPS) is 34.3. The Morgan fingerprint density at radius 2 is 1.62 bits per heavy atom. The molecule has 1 aromatic rings. The molecule has 0 saturated carbocycles. The molecular formula is C16H24N2O3. The van der Waals surface area contributed by atoms with Crippen LogP contribution in [-0.4, -0.2) is 71.3 Å². The molecule has 0 amide bonds. The number of anilines is 1. The largest absolute Gasteiger partial charge is 0.389 e. The van der Waals surface area contributed by atoms with Gasteiger partial charge in [-0.25, -0.2) is 0 Å². The summed E-state index contributed by atoms with van der Waals surface area (Å²) in [6.45, 7) is 3.82. The molecule has 3 atom stereocenters. The number of piperidine rings is 1. The molecule has 0 radical (unpaired) electrons. The summed E-state index contributed by atoms with van der Waals surface area (Å²) in [4.78, 5) is 4.46. The van der Waals surface area contributed by atoms with Crippen molar-refractivity contribution in [3.63, 3.8) is 0 Å². The van der Waals surface area contributed by atoms with E-state index >= 15 is 0 Å². The topological polar surface area (TPSA) is 67.2 Å². The lowest BCUT2D eigenvalue weighted by atomic mass is 10.00. The second-order valence-corrected chi connectivity index (χ2v) is 6.28. The minimum Gasteiger partial charge on any atom is -0.389 e. The number of para-hydroxylation sites is 1. The number of nitrogens with zero attached hydrogens (tertiary/aromatic N) is 2. The molecular weight excluding hydrogens is 268 g/mol. The molecule has 0 aromatic heterocycles. The zero-order valence-electron chi connectivity index (χ0n) is 12.2. The van der Waals surface area contributed by atoms with Crippen molar-refractivity contribution in [2.45, 2.75) is 24.7 Å². The molecule has 0 aliphatic carbocycles. The van der Waals surface area contributed by atoms with E-state index < -0.39 is 18.3 Å². The highest BCUT2D eigenvalue weighted by Gasteiger charge is 2.35. The maximum atomic E-state index is 9.76. The Kier molecular flexibility index (Phi) is 4.45. The van der Waals surface area contributed by atoms with Gasteiger partial charge in [0.2, 0.25) is 0 Å². The van der Waals surface area contributed by atoms with Crippen molar-refractivity contribution in [1.29, 1.82) is 0 Å². The van der Waals surface area contributed by atoms with E-state index in [1.807, 2.05) is 6.07 Å². The molecule has 2 saturated heterocycles. The molecule has 2 fully saturated rings. The second kappa shape index (κ2) is 6.32. The number of hydrogen-bond donors (Lipinski definition) is 3. The lowest BCUT2D eigenvalue weighted by molar-refractivity contribution is -0.111. The van der Waals surface area contributed by atoms with Crippen molar-refractivity contribution in [2.75, 3.05) is 37.6 Å². The minimum absolute atomic E-state index is 0.445. The lowest BCUT2D eigenvalue weighted by Gasteiger charge is -2.38. The summed E-state index contributed by atoms with van der Waals surface area (Å²) < 4.78 is 0. The molecule has 0 bridgehead atoms. The van der Waals surface area contributed by atoms with Crippen LogP contribution in [0.4, 0.5) is 5.69 Å². The standard InChI is InChI=1S/C16H24N2O3/c19-14-10-17(11-15(20)16(14)21)8-12-6-7-18(9-12)13-4-2-1-3-5-13/h1-5,12,14-16,19-21H,6-11H2/t12-,14?,15?,16?/m1/s1. The molecule has 116 valence electrons. The maximum Gasteiger partial charge on any atom is 0.108 e. The molecule has 1 aromatic carbocycles. The van der Waals surface area contributed by atoms with Crippen molar-refractivity contribution in [2.24, 2.45) is 5.92 Å². The minimum atomic E-state index is -1.01. The Hall–Kier alpha value is -1.14. The van der Waals surface area contributed by atoms with E-state index in [2.05, 4.69) is 34.1 Å². The van der Waals surface area contributed by atoms with Gasteiger partial charge in [0.15, 0.2) is 0 Å². The Balaban J connectivity index is 1.53. The maximum absolute atomic E-state index is 9.76. The fraction of sp³-hybridized carbons (Fsp3) is 0.625. The van der Waals surface area contributed by atoms with Crippen LogP contribution in [0.5, 0.6) is 0 Å². The zero-order chi connectivity index (χ0) is 14.8. The molecule has 21 heavy (non-hydrogen) atoms. The van der Waals surface area contributed by atoms with Crippen LogP contribution < -0.4 is 4.90 Å². The summed E-state index contributed by atoms with van der Waals surface area (Å²) in [5.41, 5.74) is 1.26. The van der Waals surface area contributed by atoms with Crippen molar-refractivity contribution in [3.8, 4) is 0 Å². The van der Waals surface area contributed by atoms with Crippen molar-refractivity contribution >= 4 is 5.69 Å². The highest BCUT2D eigenvalue weighted by Crippen LogP contribution is 2.25. The van der Waals surface area contributed by atoms with Crippen LogP contribution in [0.15, 0.2) is 30.3 Å². The Bertz CT molecular complexity index is 444. The summed E-state index contributed by atoms with van der Waals surface area (Å²) in [5.74, 6) is 0.542. The molecule has 0 spiro atoms. The SMILES string of the molecule is OC1CN(C[C@H]2CCN(c3ccccc3)C2)CC(O)C1O. The van der Waals surface area contributed by atoms with Gasteiger partial charge in [0.1, 0.15) is 6.10 Å². The van der Waals surface area contributed by atoms with Gasteiger partial charge < -0.3 is 20.2 Å². The number of hydrogen-bond acceptors (Lipinski definition) is 5. The van der Waals surface area contributed by atoms with E-state index in [9.17, 15) is 15.3 Å². The average Bonchev–Trinajstić information content (AvgIpc) is 2.94. The number of likely N-dealkylation sites (tertiary alicyclic amines) is 1. The van der Waals surface area contributed by atoms with Gasteiger partial charge in [0, 0.05) is 38.4 Å². The fourth-order valence-corrected chi connectivity index (χ4v) is 3.45. The van der Waals surface area contributed by atoms with E-state index in [1.165, 1.54) is 5.69 Å². The first-order valence-corrected chi connectivity index (χ1v) is 7.70. The fourth-order valence-electron chi connectivity index (χ4n) is 3.45. The molecule has 5 nitrogen and oxygen atoms in total. The first-order valence-electron chi connectivity index (χ1n) is 7.70. The van der Waals surface area contributed by atoms with Crippen molar-refractivity contribution in [3.05, 3.63) is 30.3 Å². The van der Waals surface area contributed by atoms with Crippen LogP contribution in [0.2, 0.25) is 0 Å². The van der Waals surface area contributed by atoms with Crippen LogP contribution >= 0.6 is 0 Å². The first kappa shape index (κ1) is 14.8. The molecule has 5 heteroatoms. The summed E-state index contributed by atoms with van der Waals surface area (Å²) in [5, 5.41) is 29.1. The van der Waals surface area contributed by atoms with E-state index in [1.54, 1.807) is 0 Å². The lowest BCUT2D eigenvalue weighted by Crippen LogP contribution is -2.56. The van der Waals surface area contributed by atoms with E-state index in [-0.39, 0.29) is 0 Å². The highest BCUT2D eigenvalue weighted by molar-refractivity contribution is 5.46. The van der Waals surface area contributed by atoms with Gasteiger partial charge in [-0.1, -0.05) is 18.2 Å². The van der Waals surface area contributed by atoms with Crippen molar-refractivity contribution in [1.82, 2.24) is 4.90 Å². The molecule has 2 aliphatic rings. The molecule has 2 heterocycles. The monoisotopic (exact) mass is 292 g/mol. The summed E-state index contributed by atoms with van der Waals surface area (Å²) in [6, 6.07) is 10.4. The van der Waals surface area contributed by atoms with Crippen LogP contribution in [-0.2, 0) is 0 Å². The van der Waals surface area contributed by atoms with Gasteiger partial charge in [-0.3, -0.25) is 4.90 Å². The van der Waals surface area contributed by atoms with Gasteiger partial charge in [-0.2, -0.15) is 0 Å². The molecule has 2 aliphatic heterocycles. The van der Waals surface area contributed by atoms with Gasteiger partial charge in [0.05, 0.1) is 12.2 Å². The average molecular weight is 292 g/mol. The zero-order valence-corrected chi connectivity index (χ0v) is 12.2. The van der Waals surface area contributed by atoms with Crippen LogP contribution in [0, 0.1) is 5.92 Å². The predicted molar refractivity (Wildman–Crippen MR) is 81.2 cm³/mol. The summed E-state index contributed by atoms with van der Waals surface area (Å²) in [6.07, 6.45) is -1.58. The molecule has 2 unspecified atom stereocenters. The second-order valence-electron chi connectivity index (χ2n) is 6.28. The Morgan fingerprint density at radius 1 is 0.952 bits per heavy atom. The molecule has 3 N–H and O–H groups in total. The number of rotatable bonds is 3. The highest BCUT2D eigenvalue weighted by atomic mass is 16.4. The van der Waals surface area contributed by atoms with E-state index in [0.29, 0.717) is 19.0 Å². The van der Waals surface area contributed by atoms with Gasteiger partial charge in [-0.15, -0.1) is 0 Å². The third-order valence-corrected chi connectivity index (χ3v) is 4.60. The molecule has 3 rings (SSSR count). The number of aliphatic hydroxyl groups is 3. The Labute approximate surface area is 125 Å². The third kappa shape index (κ3) is 3.37. The smallest absolute Gasteiger partial charge is 0.108 e. The van der Waals surface area contributed by atoms with Gasteiger partial charge >= 0.3 is 0 Å². The number of benzene rings is 1. The quantitative estimate of drug-likeness (QED) is 0.727. The predicted octanol–water partition coefficient (Wildman–Crippen LogP) is -0.0888. The first-order chi connectivity index (χ1) is 10.1. The summed E-state index contributed by atoms with van der Waals surface area (Å²) >= 11 is 0. The van der Waals surface area contributed by atoms with Crippen molar-refractivity contribution < 1.29 is 15.3 Å². The van der Waals surface area contributed by atoms with Gasteiger partial charge in [0.25, 0.3) is 0 Å². The van der Waals surface area contributed by atoms with E-state index in [4.69, 9.17) is 0 Å². The van der Waals surface area contributed by atoms with Crippen LogP contribution in [0.3, 0.4) is 0 Å². The summed E-state index contributed by atoms with van der Waals surface area (Å²) in [7, 11) is 0. The van der Waals surface area contributed by atoms with E-state index in [0.717, 1.165) is 26.1 Å². The third-order valence-electron chi connectivity index (χ3n) is 4.60. The van der Waals surface area contributed by atoms with Crippen LogP contribution in [0.1, 0.15) is 6.42 Å². The number of aliphatic hydroxyl groups excluding tert-OH is 3. The van der Waals surface area contributed by atoms with Crippen LogP contribution in [0.25, 0.3) is 0 Å². The Morgan fingerprint density at radius 3 is 2.29 bits per heavy atom. The van der Waals surface area contributed by atoms with Gasteiger partial charge in [-0.05, 0) is 24.5 Å².